The van der Waals surface area contributed by atoms with E-state index in [2.05, 4.69) is 28.5 Å². The van der Waals surface area contributed by atoms with Crippen molar-refractivity contribution in [2.24, 2.45) is 0 Å². The molecule has 0 unspecified atom stereocenters. The lowest BCUT2D eigenvalue weighted by molar-refractivity contribution is 0.278. The number of halogens is 1. The van der Waals surface area contributed by atoms with Crippen molar-refractivity contribution in [3.05, 3.63) is 10.7 Å². The van der Waals surface area contributed by atoms with Gasteiger partial charge in [0, 0.05) is 19.1 Å². The van der Waals surface area contributed by atoms with Crippen molar-refractivity contribution in [2.45, 2.75) is 24.1 Å². The van der Waals surface area contributed by atoms with Gasteiger partial charge in [0.05, 0.1) is 6.20 Å². The molecule has 0 atom stereocenters. The van der Waals surface area contributed by atoms with Crippen LogP contribution in [-0.4, -0.2) is 44.5 Å². The summed E-state index contributed by atoms with van der Waals surface area (Å²) in [5.41, 5.74) is 0. The fraction of sp³-hybridized carbons (Fsp3) is 0.667. The monoisotopic (exact) mass is 297 g/mol. The number of hydrogen-bond acceptors (Lipinski definition) is 5. The Labute approximate surface area is 111 Å². The van der Waals surface area contributed by atoms with E-state index in [0.717, 1.165) is 11.3 Å². The quantitative estimate of drug-likeness (QED) is 0.862. The Hall–Kier alpha value is -0.210. The third kappa shape index (κ3) is 4.51. The van der Waals surface area contributed by atoms with Crippen LogP contribution in [0.1, 0.15) is 13.8 Å². The summed E-state index contributed by atoms with van der Waals surface area (Å²) in [7, 11) is -1.52. The molecule has 0 radical (unpaired) electrons. The second kappa shape index (κ2) is 6.10. The van der Waals surface area contributed by atoms with E-state index in [4.69, 9.17) is 11.6 Å². The molecule has 1 aromatic rings. The first-order chi connectivity index (χ1) is 7.83. The van der Waals surface area contributed by atoms with E-state index in [0.29, 0.717) is 19.1 Å². The van der Waals surface area contributed by atoms with Crippen molar-refractivity contribution < 1.29 is 8.42 Å². The first kappa shape index (κ1) is 14.8. The van der Waals surface area contributed by atoms with Crippen molar-refractivity contribution in [3.8, 4) is 0 Å². The number of likely N-dealkylation sites (N-methyl/N-ethyl adjacent to an activating group) is 1. The van der Waals surface area contributed by atoms with Crippen LogP contribution in [0.5, 0.6) is 0 Å². The second-order valence-electron chi connectivity index (χ2n) is 3.90. The number of sulfonamides is 1. The SMILES string of the molecule is CC(C)N(C)CCNS(=O)(=O)c1cnc(Cl)s1. The van der Waals surface area contributed by atoms with Gasteiger partial charge >= 0.3 is 0 Å². The third-order valence-corrected chi connectivity index (χ3v) is 5.40. The van der Waals surface area contributed by atoms with Crippen LogP contribution < -0.4 is 4.72 Å². The minimum Gasteiger partial charge on any atom is -0.303 e. The zero-order chi connectivity index (χ0) is 13.1. The van der Waals surface area contributed by atoms with Crippen LogP contribution in [-0.2, 0) is 10.0 Å². The van der Waals surface area contributed by atoms with Crippen molar-refractivity contribution in [2.75, 3.05) is 20.1 Å². The van der Waals surface area contributed by atoms with Gasteiger partial charge in [0.15, 0.2) is 8.68 Å². The van der Waals surface area contributed by atoms with Gasteiger partial charge in [-0.25, -0.2) is 18.1 Å². The predicted molar refractivity (Wildman–Crippen MR) is 70.1 cm³/mol. The van der Waals surface area contributed by atoms with Gasteiger partial charge in [0.25, 0.3) is 10.0 Å². The Morgan fingerprint density at radius 1 is 1.59 bits per heavy atom. The Morgan fingerprint density at radius 3 is 2.71 bits per heavy atom. The van der Waals surface area contributed by atoms with Crippen LogP contribution >= 0.6 is 22.9 Å². The van der Waals surface area contributed by atoms with Crippen LogP contribution in [0.4, 0.5) is 0 Å². The number of aromatic nitrogens is 1. The summed E-state index contributed by atoms with van der Waals surface area (Å²) in [5, 5.41) is 0. The summed E-state index contributed by atoms with van der Waals surface area (Å²) < 4.78 is 26.4. The molecule has 0 aliphatic carbocycles. The first-order valence-electron chi connectivity index (χ1n) is 5.14. The van der Waals surface area contributed by atoms with E-state index in [-0.39, 0.29) is 8.68 Å². The topological polar surface area (TPSA) is 62.3 Å². The molecule has 1 aromatic heterocycles. The zero-order valence-electron chi connectivity index (χ0n) is 9.97. The normalized spacial score (nSPS) is 12.6. The minimum atomic E-state index is -3.47. The van der Waals surface area contributed by atoms with Crippen molar-refractivity contribution in [1.82, 2.24) is 14.6 Å². The second-order valence-corrected chi connectivity index (χ2v) is 7.51. The highest BCUT2D eigenvalue weighted by atomic mass is 35.5. The maximum Gasteiger partial charge on any atom is 0.251 e. The van der Waals surface area contributed by atoms with E-state index in [1.165, 1.54) is 6.20 Å². The molecule has 0 aromatic carbocycles. The predicted octanol–water partition coefficient (Wildman–Crippen LogP) is 1.42. The molecule has 1 N–H and O–H groups in total. The van der Waals surface area contributed by atoms with E-state index in [1.807, 2.05) is 7.05 Å². The average Bonchev–Trinajstić information content (AvgIpc) is 2.65. The van der Waals surface area contributed by atoms with Crippen molar-refractivity contribution in [1.29, 1.82) is 0 Å². The Kier molecular flexibility index (Phi) is 5.33. The van der Waals surface area contributed by atoms with Gasteiger partial charge in [-0.2, -0.15) is 0 Å². The Morgan fingerprint density at radius 2 is 2.24 bits per heavy atom. The largest absolute Gasteiger partial charge is 0.303 e. The first-order valence-corrected chi connectivity index (χ1v) is 7.82. The van der Waals surface area contributed by atoms with E-state index in [1.54, 1.807) is 0 Å². The molecule has 0 fully saturated rings. The molecule has 17 heavy (non-hydrogen) atoms. The number of thiazole rings is 1. The minimum absolute atomic E-state index is 0.148. The van der Waals surface area contributed by atoms with Crippen LogP contribution in [0.3, 0.4) is 0 Å². The number of rotatable bonds is 6. The number of hydrogen-bond donors (Lipinski definition) is 1. The lowest BCUT2D eigenvalue weighted by Crippen LogP contribution is -2.35. The lowest BCUT2D eigenvalue weighted by Gasteiger charge is -2.20. The summed E-state index contributed by atoms with van der Waals surface area (Å²) in [6.07, 6.45) is 1.27. The summed E-state index contributed by atoms with van der Waals surface area (Å²) in [4.78, 5) is 5.77. The summed E-state index contributed by atoms with van der Waals surface area (Å²) in [5.74, 6) is 0. The molecule has 5 nitrogen and oxygen atoms in total. The van der Waals surface area contributed by atoms with Gasteiger partial charge in [-0.1, -0.05) is 22.9 Å². The Balaban J connectivity index is 2.52. The van der Waals surface area contributed by atoms with Crippen LogP contribution in [0, 0.1) is 0 Å². The van der Waals surface area contributed by atoms with Gasteiger partial charge < -0.3 is 4.90 Å². The van der Waals surface area contributed by atoms with Gasteiger partial charge in [0.1, 0.15) is 0 Å². The maximum absolute atomic E-state index is 11.8. The summed E-state index contributed by atoms with van der Waals surface area (Å²) >= 11 is 6.55. The molecule has 1 heterocycles. The highest BCUT2D eigenvalue weighted by Crippen LogP contribution is 2.21. The molecule has 0 saturated carbocycles. The van der Waals surface area contributed by atoms with Crippen molar-refractivity contribution in [3.63, 3.8) is 0 Å². The molecule has 8 heteroatoms. The molecular formula is C9H16ClN3O2S2. The van der Waals surface area contributed by atoms with Crippen LogP contribution in [0.15, 0.2) is 10.4 Å². The highest BCUT2D eigenvalue weighted by Gasteiger charge is 2.17. The van der Waals surface area contributed by atoms with E-state index < -0.39 is 10.0 Å². The molecule has 0 amide bonds. The van der Waals surface area contributed by atoms with Gasteiger partial charge in [0.2, 0.25) is 0 Å². The molecule has 0 spiro atoms. The van der Waals surface area contributed by atoms with Gasteiger partial charge in [-0.3, -0.25) is 0 Å². The standard InChI is InChI=1S/C9H16ClN3O2S2/c1-7(2)13(3)5-4-12-17(14,15)8-6-11-9(10)16-8/h6-7,12H,4-5H2,1-3H3. The van der Waals surface area contributed by atoms with Crippen LogP contribution in [0.25, 0.3) is 0 Å². The molecule has 1 rings (SSSR count). The number of nitrogens with one attached hydrogen (secondary N) is 1. The third-order valence-electron chi connectivity index (χ3n) is 2.36. The fourth-order valence-electron chi connectivity index (χ4n) is 1.05. The van der Waals surface area contributed by atoms with E-state index >= 15 is 0 Å². The van der Waals surface area contributed by atoms with Gasteiger partial charge in [-0.05, 0) is 20.9 Å². The van der Waals surface area contributed by atoms with Crippen LogP contribution in [0.2, 0.25) is 4.47 Å². The number of nitrogens with zero attached hydrogens (tertiary/aromatic N) is 2. The lowest BCUT2D eigenvalue weighted by atomic mass is 10.3. The fourth-order valence-corrected chi connectivity index (χ4v) is 3.41. The molecule has 0 saturated heterocycles. The molecular weight excluding hydrogens is 282 g/mol. The maximum atomic E-state index is 11.8. The smallest absolute Gasteiger partial charge is 0.251 e. The average molecular weight is 298 g/mol. The molecule has 0 aliphatic heterocycles. The summed E-state index contributed by atoms with van der Waals surface area (Å²) in [6.45, 7) is 5.13. The Bertz CT molecular complexity index is 459. The van der Waals surface area contributed by atoms with E-state index in [9.17, 15) is 8.42 Å². The highest BCUT2D eigenvalue weighted by molar-refractivity contribution is 7.91. The molecule has 98 valence electrons. The molecule has 0 aliphatic rings. The van der Waals surface area contributed by atoms with Crippen molar-refractivity contribution >= 4 is 33.0 Å². The van der Waals surface area contributed by atoms with Gasteiger partial charge in [-0.15, -0.1) is 0 Å². The summed E-state index contributed by atoms with van der Waals surface area (Å²) in [6, 6.07) is 0.386. The zero-order valence-corrected chi connectivity index (χ0v) is 12.4. The molecule has 0 bridgehead atoms.